The molecule has 0 saturated carbocycles. The van der Waals surface area contributed by atoms with Crippen molar-refractivity contribution in [3.05, 3.63) is 41.9 Å². The number of amides is 1. The summed E-state index contributed by atoms with van der Waals surface area (Å²) < 4.78 is 5.76. The lowest BCUT2D eigenvalue weighted by Gasteiger charge is -2.14. The van der Waals surface area contributed by atoms with Gasteiger partial charge in [-0.3, -0.25) is 4.79 Å². The average molecular weight is 288 g/mol. The van der Waals surface area contributed by atoms with Crippen LogP contribution in [0, 0.1) is 6.92 Å². The fourth-order valence-electron chi connectivity index (χ4n) is 2.10. The summed E-state index contributed by atoms with van der Waals surface area (Å²) >= 11 is 0. The van der Waals surface area contributed by atoms with E-state index in [4.69, 9.17) is 9.52 Å². The molecular formula is C16H20N2O3. The molecule has 5 nitrogen and oxygen atoms in total. The van der Waals surface area contributed by atoms with E-state index < -0.39 is 0 Å². The Morgan fingerprint density at radius 3 is 2.71 bits per heavy atom. The van der Waals surface area contributed by atoms with Crippen molar-refractivity contribution in [1.82, 2.24) is 9.88 Å². The Morgan fingerprint density at radius 2 is 2.05 bits per heavy atom. The van der Waals surface area contributed by atoms with Crippen molar-refractivity contribution >= 4 is 5.91 Å². The van der Waals surface area contributed by atoms with Crippen LogP contribution in [0.2, 0.25) is 0 Å². The van der Waals surface area contributed by atoms with E-state index in [1.54, 1.807) is 7.05 Å². The fraction of sp³-hybridized carbons (Fsp3) is 0.375. The van der Waals surface area contributed by atoms with Gasteiger partial charge in [0.15, 0.2) is 11.7 Å². The Hall–Kier alpha value is -2.14. The maximum atomic E-state index is 11.8. The number of hydrogen-bond acceptors (Lipinski definition) is 4. The molecule has 1 amide bonds. The Kier molecular flexibility index (Phi) is 5.11. The highest BCUT2D eigenvalue weighted by molar-refractivity contribution is 5.76. The van der Waals surface area contributed by atoms with Gasteiger partial charge >= 0.3 is 0 Å². The number of benzene rings is 1. The molecular weight excluding hydrogens is 268 g/mol. The number of hydrogen-bond donors (Lipinski definition) is 1. The highest BCUT2D eigenvalue weighted by Crippen LogP contribution is 2.24. The first-order chi connectivity index (χ1) is 10.1. The number of oxazole rings is 1. The van der Waals surface area contributed by atoms with Crippen LogP contribution in [-0.2, 0) is 11.2 Å². The van der Waals surface area contributed by atoms with Gasteiger partial charge in [-0.25, -0.2) is 4.98 Å². The predicted octanol–water partition coefficient (Wildman–Crippen LogP) is 2.03. The van der Waals surface area contributed by atoms with Crippen molar-refractivity contribution in [2.45, 2.75) is 19.8 Å². The highest BCUT2D eigenvalue weighted by Gasteiger charge is 2.14. The predicted molar refractivity (Wildman–Crippen MR) is 79.7 cm³/mol. The third-order valence-corrected chi connectivity index (χ3v) is 3.29. The summed E-state index contributed by atoms with van der Waals surface area (Å²) in [4.78, 5) is 17.7. The van der Waals surface area contributed by atoms with Crippen LogP contribution in [0.4, 0.5) is 0 Å². The van der Waals surface area contributed by atoms with E-state index >= 15 is 0 Å². The first-order valence-corrected chi connectivity index (χ1v) is 6.98. The summed E-state index contributed by atoms with van der Waals surface area (Å²) in [5.74, 6) is 1.29. The molecule has 0 aliphatic heterocycles. The van der Waals surface area contributed by atoms with Gasteiger partial charge in [0.25, 0.3) is 0 Å². The van der Waals surface area contributed by atoms with Gasteiger partial charge in [0.1, 0.15) is 0 Å². The second-order valence-corrected chi connectivity index (χ2v) is 4.93. The normalized spacial score (nSPS) is 10.6. The van der Waals surface area contributed by atoms with Crippen LogP contribution >= 0.6 is 0 Å². The topological polar surface area (TPSA) is 66.6 Å². The molecule has 5 heteroatoms. The third kappa shape index (κ3) is 3.92. The Morgan fingerprint density at radius 1 is 1.33 bits per heavy atom. The second kappa shape index (κ2) is 7.04. The molecule has 0 fully saturated rings. The zero-order chi connectivity index (χ0) is 15.2. The minimum Gasteiger partial charge on any atom is -0.440 e. The number of aliphatic hydroxyl groups is 1. The van der Waals surface area contributed by atoms with Gasteiger partial charge in [0.05, 0.1) is 12.3 Å². The van der Waals surface area contributed by atoms with E-state index in [1.165, 1.54) is 4.90 Å². The Balaban J connectivity index is 2.01. The van der Waals surface area contributed by atoms with Crippen molar-refractivity contribution < 1.29 is 14.3 Å². The van der Waals surface area contributed by atoms with Crippen LogP contribution in [-0.4, -0.2) is 41.1 Å². The van der Waals surface area contributed by atoms with Crippen molar-refractivity contribution in [1.29, 1.82) is 0 Å². The molecule has 2 aromatic rings. The molecule has 21 heavy (non-hydrogen) atoms. The van der Waals surface area contributed by atoms with Crippen LogP contribution in [0.3, 0.4) is 0 Å². The number of likely N-dealkylation sites (N-methyl/N-ethyl adjacent to an activating group) is 1. The van der Waals surface area contributed by atoms with Gasteiger partial charge in [-0.05, 0) is 6.92 Å². The molecule has 0 aliphatic carbocycles. The van der Waals surface area contributed by atoms with Crippen LogP contribution in [0.15, 0.2) is 34.7 Å². The standard InChI is InChI=1S/C16H20N2O3/c1-12-16(13-6-4-3-5-7-13)21-14(17-12)8-9-15(20)18(2)10-11-19/h3-7,19H,8-11H2,1-2H3. The van der Waals surface area contributed by atoms with Crippen LogP contribution in [0.5, 0.6) is 0 Å². The molecule has 1 aromatic carbocycles. The van der Waals surface area contributed by atoms with Crippen molar-refractivity contribution in [3.8, 4) is 11.3 Å². The van der Waals surface area contributed by atoms with Gasteiger partial charge in [-0.1, -0.05) is 30.3 Å². The molecule has 0 spiro atoms. The zero-order valence-electron chi connectivity index (χ0n) is 12.4. The first-order valence-electron chi connectivity index (χ1n) is 6.98. The SMILES string of the molecule is Cc1nc(CCC(=O)N(C)CCO)oc1-c1ccccc1. The lowest BCUT2D eigenvalue weighted by molar-refractivity contribution is -0.130. The molecule has 0 radical (unpaired) electrons. The van der Waals surface area contributed by atoms with Crippen LogP contribution in [0.25, 0.3) is 11.3 Å². The number of nitrogens with zero attached hydrogens (tertiary/aromatic N) is 2. The van der Waals surface area contributed by atoms with E-state index in [-0.39, 0.29) is 12.5 Å². The number of aryl methyl sites for hydroxylation is 2. The number of aromatic nitrogens is 1. The zero-order valence-corrected chi connectivity index (χ0v) is 12.4. The first kappa shape index (κ1) is 15.3. The molecule has 2 rings (SSSR count). The molecule has 0 atom stereocenters. The monoisotopic (exact) mass is 288 g/mol. The maximum Gasteiger partial charge on any atom is 0.222 e. The molecule has 1 N–H and O–H groups in total. The molecule has 0 bridgehead atoms. The van der Waals surface area contributed by atoms with Gasteiger partial charge in [0.2, 0.25) is 5.91 Å². The van der Waals surface area contributed by atoms with E-state index in [9.17, 15) is 4.79 Å². The van der Waals surface area contributed by atoms with E-state index in [0.717, 1.165) is 17.0 Å². The van der Waals surface area contributed by atoms with Gasteiger partial charge in [0, 0.05) is 32.0 Å². The third-order valence-electron chi connectivity index (χ3n) is 3.29. The summed E-state index contributed by atoms with van der Waals surface area (Å²) in [5.41, 5.74) is 1.81. The lowest BCUT2D eigenvalue weighted by atomic mass is 10.1. The number of carbonyl (C=O) groups is 1. The summed E-state index contributed by atoms with van der Waals surface area (Å²) in [6.45, 7) is 2.21. The molecule has 0 saturated heterocycles. The summed E-state index contributed by atoms with van der Waals surface area (Å²) in [6, 6.07) is 9.79. The minimum absolute atomic E-state index is 0.0267. The molecule has 1 aromatic heterocycles. The number of aliphatic hydroxyl groups excluding tert-OH is 1. The minimum atomic E-state index is -0.0293. The largest absolute Gasteiger partial charge is 0.440 e. The van der Waals surface area contributed by atoms with E-state index in [1.807, 2.05) is 37.3 Å². The van der Waals surface area contributed by atoms with Gasteiger partial charge in [-0.2, -0.15) is 0 Å². The second-order valence-electron chi connectivity index (χ2n) is 4.93. The van der Waals surface area contributed by atoms with Gasteiger partial charge in [-0.15, -0.1) is 0 Å². The number of rotatable bonds is 6. The maximum absolute atomic E-state index is 11.8. The van der Waals surface area contributed by atoms with E-state index in [0.29, 0.717) is 25.3 Å². The summed E-state index contributed by atoms with van der Waals surface area (Å²) in [7, 11) is 1.68. The lowest BCUT2D eigenvalue weighted by Crippen LogP contribution is -2.29. The quantitative estimate of drug-likeness (QED) is 0.883. The molecule has 0 aliphatic rings. The average Bonchev–Trinajstić information content (AvgIpc) is 2.87. The summed E-state index contributed by atoms with van der Waals surface area (Å²) in [5, 5.41) is 8.81. The number of carbonyl (C=O) groups excluding carboxylic acids is 1. The Labute approximate surface area is 124 Å². The molecule has 112 valence electrons. The smallest absolute Gasteiger partial charge is 0.222 e. The Bertz CT molecular complexity index is 593. The summed E-state index contributed by atoms with van der Waals surface area (Å²) in [6.07, 6.45) is 0.785. The van der Waals surface area contributed by atoms with E-state index in [2.05, 4.69) is 4.98 Å². The molecule has 0 unspecified atom stereocenters. The van der Waals surface area contributed by atoms with Crippen LogP contribution < -0.4 is 0 Å². The fourth-order valence-corrected chi connectivity index (χ4v) is 2.10. The van der Waals surface area contributed by atoms with Crippen molar-refractivity contribution in [2.75, 3.05) is 20.2 Å². The van der Waals surface area contributed by atoms with Crippen molar-refractivity contribution in [3.63, 3.8) is 0 Å². The van der Waals surface area contributed by atoms with Crippen LogP contribution in [0.1, 0.15) is 18.0 Å². The molecule has 1 heterocycles. The van der Waals surface area contributed by atoms with Crippen molar-refractivity contribution in [2.24, 2.45) is 0 Å². The van der Waals surface area contributed by atoms with Gasteiger partial charge < -0.3 is 14.4 Å². The highest BCUT2D eigenvalue weighted by atomic mass is 16.4.